The second-order valence-corrected chi connectivity index (χ2v) is 6.62. The van der Waals surface area contributed by atoms with Crippen molar-refractivity contribution in [2.24, 2.45) is 0 Å². The first-order valence-corrected chi connectivity index (χ1v) is 8.86. The zero-order chi connectivity index (χ0) is 18.4. The Morgan fingerprint density at radius 2 is 1.72 bits per heavy atom. The fourth-order valence-corrected chi connectivity index (χ4v) is 3.16. The summed E-state index contributed by atoms with van der Waals surface area (Å²) in [5.41, 5.74) is 1.15. The van der Waals surface area contributed by atoms with Crippen LogP contribution in [0.1, 0.15) is 27.2 Å². The molecule has 0 spiro atoms. The highest BCUT2D eigenvalue weighted by Crippen LogP contribution is 2.20. The summed E-state index contributed by atoms with van der Waals surface area (Å²) >= 11 is 0. The van der Waals surface area contributed by atoms with E-state index < -0.39 is 0 Å². The van der Waals surface area contributed by atoms with Crippen molar-refractivity contribution in [3.63, 3.8) is 0 Å². The van der Waals surface area contributed by atoms with E-state index in [2.05, 4.69) is 4.90 Å². The van der Waals surface area contributed by atoms with Gasteiger partial charge in [0.1, 0.15) is 5.75 Å². The fraction of sp³-hybridized carbons (Fsp3) is 0.579. The van der Waals surface area contributed by atoms with E-state index in [-0.39, 0.29) is 17.9 Å². The molecule has 2 rings (SSSR count). The van der Waals surface area contributed by atoms with Crippen molar-refractivity contribution in [3.8, 4) is 5.75 Å². The summed E-state index contributed by atoms with van der Waals surface area (Å²) in [7, 11) is 1.66. The number of nitrogens with zero attached hydrogens (tertiary/aromatic N) is 3. The quantitative estimate of drug-likeness (QED) is 0.790. The fourth-order valence-electron chi connectivity index (χ4n) is 3.16. The number of hydrogen-bond acceptors (Lipinski definition) is 4. The zero-order valence-corrected chi connectivity index (χ0v) is 15.7. The summed E-state index contributed by atoms with van der Waals surface area (Å²) < 4.78 is 5.19. The molecule has 0 saturated carbocycles. The average molecular weight is 347 g/mol. The van der Waals surface area contributed by atoms with E-state index in [0.29, 0.717) is 26.1 Å². The van der Waals surface area contributed by atoms with Crippen molar-refractivity contribution in [1.82, 2.24) is 9.80 Å². The Hall–Kier alpha value is -2.24. The van der Waals surface area contributed by atoms with Gasteiger partial charge in [-0.25, -0.2) is 0 Å². The zero-order valence-electron chi connectivity index (χ0n) is 15.7. The Morgan fingerprint density at radius 1 is 1.12 bits per heavy atom. The van der Waals surface area contributed by atoms with Gasteiger partial charge in [-0.15, -0.1) is 0 Å². The van der Waals surface area contributed by atoms with Gasteiger partial charge in [-0.1, -0.05) is 0 Å². The molecule has 25 heavy (non-hydrogen) atoms. The minimum atomic E-state index is 0.0205. The van der Waals surface area contributed by atoms with Crippen LogP contribution in [0.15, 0.2) is 24.3 Å². The van der Waals surface area contributed by atoms with Gasteiger partial charge in [-0.05, 0) is 38.1 Å². The average Bonchev–Trinajstić information content (AvgIpc) is 2.61. The Morgan fingerprint density at radius 3 is 2.20 bits per heavy atom. The SMILES string of the molecule is COc1ccc(N2CCN(C(=O)CCN(C(C)=O)C(C)C)CC2)cc1. The maximum absolute atomic E-state index is 12.4. The molecule has 0 aliphatic carbocycles. The van der Waals surface area contributed by atoms with E-state index in [9.17, 15) is 9.59 Å². The number of carbonyl (C=O) groups is 2. The van der Waals surface area contributed by atoms with Gasteiger partial charge >= 0.3 is 0 Å². The number of benzene rings is 1. The van der Waals surface area contributed by atoms with E-state index in [0.717, 1.165) is 24.5 Å². The maximum atomic E-state index is 12.4. The van der Waals surface area contributed by atoms with Crippen LogP contribution in [-0.4, -0.2) is 67.5 Å². The molecular formula is C19H29N3O3. The molecule has 1 aromatic rings. The summed E-state index contributed by atoms with van der Waals surface area (Å²) in [6.07, 6.45) is 0.389. The van der Waals surface area contributed by atoms with E-state index in [1.54, 1.807) is 18.9 Å². The standard InChI is InChI=1S/C19H29N3O3/c1-15(2)22(16(3)23)10-9-19(24)21-13-11-20(12-14-21)17-5-7-18(25-4)8-6-17/h5-8,15H,9-14H2,1-4H3. The summed E-state index contributed by atoms with van der Waals surface area (Å²) in [6.45, 7) is 9.05. The number of piperazine rings is 1. The Kier molecular flexibility index (Phi) is 6.67. The lowest BCUT2D eigenvalue weighted by Gasteiger charge is -2.36. The first-order chi connectivity index (χ1) is 11.9. The van der Waals surface area contributed by atoms with Gasteiger partial charge in [-0.2, -0.15) is 0 Å². The molecule has 138 valence electrons. The van der Waals surface area contributed by atoms with Crippen molar-refractivity contribution in [2.45, 2.75) is 33.2 Å². The number of rotatable bonds is 6. The molecule has 6 heteroatoms. The van der Waals surface area contributed by atoms with Gasteiger partial charge in [-0.3, -0.25) is 9.59 Å². The number of ether oxygens (including phenoxy) is 1. The monoisotopic (exact) mass is 347 g/mol. The van der Waals surface area contributed by atoms with E-state index in [4.69, 9.17) is 4.74 Å². The number of anilines is 1. The first-order valence-electron chi connectivity index (χ1n) is 8.86. The van der Waals surface area contributed by atoms with Crippen LogP contribution in [0.4, 0.5) is 5.69 Å². The van der Waals surface area contributed by atoms with E-state index in [1.165, 1.54) is 0 Å². The van der Waals surface area contributed by atoms with Gasteiger partial charge in [0.05, 0.1) is 7.11 Å². The second kappa shape index (κ2) is 8.74. The lowest BCUT2D eigenvalue weighted by atomic mass is 10.2. The first kappa shape index (κ1) is 19.1. The molecule has 6 nitrogen and oxygen atoms in total. The second-order valence-electron chi connectivity index (χ2n) is 6.62. The van der Waals surface area contributed by atoms with Crippen LogP contribution in [0.2, 0.25) is 0 Å². The van der Waals surface area contributed by atoms with Gasteiger partial charge in [0.2, 0.25) is 11.8 Å². The smallest absolute Gasteiger partial charge is 0.224 e. The van der Waals surface area contributed by atoms with Gasteiger partial charge < -0.3 is 19.4 Å². The summed E-state index contributed by atoms with van der Waals surface area (Å²) in [4.78, 5) is 30.0. The van der Waals surface area contributed by atoms with Gasteiger partial charge in [0.15, 0.2) is 0 Å². The molecule has 0 atom stereocenters. The number of carbonyl (C=O) groups excluding carboxylic acids is 2. The molecule has 0 N–H and O–H groups in total. The van der Waals surface area contributed by atoms with Crippen LogP contribution in [0, 0.1) is 0 Å². The normalized spacial score (nSPS) is 14.6. The van der Waals surface area contributed by atoms with Gasteiger partial charge in [0.25, 0.3) is 0 Å². The van der Waals surface area contributed by atoms with Crippen molar-refractivity contribution < 1.29 is 14.3 Å². The van der Waals surface area contributed by atoms with E-state index >= 15 is 0 Å². The van der Waals surface area contributed by atoms with Crippen molar-refractivity contribution in [2.75, 3.05) is 44.7 Å². The molecule has 0 unspecified atom stereocenters. The molecule has 1 saturated heterocycles. The molecular weight excluding hydrogens is 318 g/mol. The number of methoxy groups -OCH3 is 1. The lowest BCUT2D eigenvalue weighted by Crippen LogP contribution is -2.49. The molecule has 1 aromatic carbocycles. The molecule has 2 amide bonds. The molecule has 1 heterocycles. The Bertz CT molecular complexity index is 578. The minimum Gasteiger partial charge on any atom is -0.497 e. The van der Waals surface area contributed by atoms with E-state index in [1.807, 2.05) is 43.0 Å². The number of hydrogen-bond donors (Lipinski definition) is 0. The van der Waals surface area contributed by atoms with Gasteiger partial charge in [0, 0.05) is 57.8 Å². The Balaban J connectivity index is 1.82. The molecule has 0 radical (unpaired) electrons. The number of amides is 2. The summed E-state index contributed by atoms with van der Waals surface area (Å²) in [5, 5.41) is 0. The Labute approximate surface area is 150 Å². The van der Waals surface area contributed by atoms with Crippen molar-refractivity contribution in [1.29, 1.82) is 0 Å². The van der Waals surface area contributed by atoms with Crippen molar-refractivity contribution >= 4 is 17.5 Å². The third-order valence-electron chi connectivity index (χ3n) is 4.66. The van der Waals surface area contributed by atoms with Crippen LogP contribution in [0.25, 0.3) is 0 Å². The highest BCUT2D eigenvalue weighted by atomic mass is 16.5. The highest BCUT2D eigenvalue weighted by molar-refractivity contribution is 5.78. The van der Waals surface area contributed by atoms with Crippen LogP contribution in [0.5, 0.6) is 5.75 Å². The van der Waals surface area contributed by atoms with Crippen molar-refractivity contribution in [3.05, 3.63) is 24.3 Å². The predicted octanol–water partition coefficient (Wildman–Crippen LogP) is 1.99. The minimum absolute atomic E-state index is 0.0205. The van der Waals surface area contributed by atoms with Crippen LogP contribution in [0.3, 0.4) is 0 Å². The third kappa shape index (κ3) is 5.11. The molecule has 0 aromatic heterocycles. The molecule has 1 aliphatic heterocycles. The van der Waals surface area contributed by atoms with Crippen LogP contribution < -0.4 is 9.64 Å². The lowest BCUT2D eigenvalue weighted by molar-refractivity contribution is -0.134. The molecule has 1 aliphatic rings. The largest absolute Gasteiger partial charge is 0.497 e. The molecule has 1 fully saturated rings. The predicted molar refractivity (Wildman–Crippen MR) is 98.9 cm³/mol. The maximum Gasteiger partial charge on any atom is 0.224 e. The van der Waals surface area contributed by atoms with Crippen LogP contribution >= 0.6 is 0 Å². The third-order valence-corrected chi connectivity index (χ3v) is 4.66. The highest BCUT2D eigenvalue weighted by Gasteiger charge is 2.22. The summed E-state index contributed by atoms with van der Waals surface area (Å²) in [5.74, 6) is 0.992. The van der Waals surface area contributed by atoms with Crippen LogP contribution in [-0.2, 0) is 9.59 Å². The molecule has 0 bridgehead atoms. The topological polar surface area (TPSA) is 53.1 Å². The summed E-state index contributed by atoms with van der Waals surface area (Å²) in [6, 6.07) is 8.12.